The first-order valence-corrected chi connectivity index (χ1v) is 9.57. The lowest BCUT2D eigenvalue weighted by atomic mass is 10.1. The summed E-state index contributed by atoms with van der Waals surface area (Å²) in [5.41, 5.74) is 1.53. The van der Waals surface area contributed by atoms with Crippen LogP contribution in [-0.2, 0) is 16.0 Å². The van der Waals surface area contributed by atoms with Gasteiger partial charge in [0.2, 0.25) is 0 Å². The van der Waals surface area contributed by atoms with Crippen LogP contribution in [-0.4, -0.2) is 60.7 Å². The number of rotatable bonds is 4. The highest BCUT2D eigenvalue weighted by atomic mass is 16.5. The third-order valence-electron chi connectivity index (χ3n) is 5.10. The number of aromatic nitrogens is 1. The van der Waals surface area contributed by atoms with E-state index < -0.39 is 6.10 Å². The minimum absolute atomic E-state index is 0.0430. The molecular weight excluding hydrogens is 358 g/mol. The number of para-hydroxylation sites is 1. The zero-order valence-electron chi connectivity index (χ0n) is 15.8. The smallest absolute Gasteiger partial charge is 0.339 e. The average molecular weight is 381 g/mol. The largest absolute Gasteiger partial charge is 0.480 e. The number of hydrogen-bond donors (Lipinski definition) is 0. The monoisotopic (exact) mass is 381 g/mol. The molecule has 2 aliphatic heterocycles. The van der Waals surface area contributed by atoms with E-state index in [1.807, 2.05) is 35.2 Å². The molecule has 28 heavy (non-hydrogen) atoms. The third kappa shape index (κ3) is 3.65. The van der Waals surface area contributed by atoms with Crippen LogP contribution in [0.15, 0.2) is 42.6 Å². The molecule has 7 heteroatoms. The van der Waals surface area contributed by atoms with E-state index >= 15 is 0 Å². The van der Waals surface area contributed by atoms with Crippen LogP contribution < -0.4 is 9.64 Å². The van der Waals surface area contributed by atoms with Crippen molar-refractivity contribution in [1.82, 2.24) is 9.88 Å². The molecule has 1 amide bonds. The van der Waals surface area contributed by atoms with E-state index in [9.17, 15) is 9.59 Å². The maximum atomic E-state index is 12.8. The number of esters is 1. The summed E-state index contributed by atoms with van der Waals surface area (Å²) in [5, 5.41) is 0. The summed E-state index contributed by atoms with van der Waals surface area (Å²) in [7, 11) is 0. The van der Waals surface area contributed by atoms with Gasteiger partial charge in [-0.2, -0.15) is 0 Å². The number of hydrogen-bond acceptors (Lipinski definition) is 6. The first-order chi connectivity index (χ1) is 13.7. The Balaban J connectivity index is 1.32. The van der Waals surface area contributed by atoms with Crippen molar-refractivity contribution in [3.63, 3.8) is 0 Å². The second kappa shape index (κ2) is 7.88. The number of piperazine rings is 1. The van der Waals surface area contributed by atoms with E-state index in [1.165, 1.54) is 6.20 Å². The van der Waals surface area contributed by atoms with Gasteiger partial charge in [-0.25, -0.2) is 9.78 Å². The lowest BCUT2D eigenvalue weighted by Gasteiger charge is -2.36. The number of amides is 1. The van der Waals surface area contributed by atoms with Crippen LogP contribution in [0.5, 0.6) is 5.75 Å². The van der Waals surface area contributed by atoms with Crippen LogP contribution >= 0.6 is 0 Å². The number of ether oxygens (including phenoxy) is 2. The van der Waals surface area contributed by atoms with Crippen molar-refractivity contribution in [2.24, 2.45) is 0 Å². The Labute approximate surface area is 163 Å². The van der Waals surface area contributed by atoms with Crippen molar-refractivity contribution in [3.8, 4) is 5.75 Å². The Bertz CT molecular complexity index is 835. The lowest BCUT2D eigenvalue weighted by molar-refractivity contribution is -0.138. The van der Waals surface area contributed by atoms with E-state index in [1.54, 1.807) is 13.0 Å². The Kier molecular flexibility index (Phi) is 5.14. The second-order valence-electron chi connectivity index (χ2n) is 6.86. The molecule has 3 heterocycles. The van der Waals surface area contributed by atoms with Crippen LogP contribution in [0.2, 0.25) is 0 Å². The molecule has 0 spiro atoms. The lowest BCUT2D eigenvalue weighted by Crippen LogP contribution is -2.52. The average Bonchev–Trinajstić information content (AvgIpc) is 3.18. The third-order valence-corrected chi connectivity index (χ3v) is 5.10. The number of carbonyl (C=O) groups excluding carboxylic acids is 2. The molecule has 7 nitrogen and oxygen atoms in total. The molecule has 4 rings (SSSR count). The maximum Gasteiger partial charge on any atom is 0.339 e. The topological polar surface area (TPSA) is 72.0 Å². The first-order valence-electron chi connectivity index (χ1n) is 9.57. The molecule has 0 N–H and O–H groups in total. The summed E-state index contributed by atoms with van der Waals surface area (Å²) in [6, 6.07) is 11.3. The van der Waals surface area contributed by atoms with E-state index in [-0.39, 0.29) is 11.9 Å². The highest BCUT2D eigenvalue weighted by molar-refractivity contribution is 5.89. The molecular formula is C21H23N3O4. The van der Waals surface area contributed by atoms with Crippen LogP contribution in [0, 0.1) is 0 Å². The van der Waals surface area contributed by atoms with Gasteiger partial charge in [0, 0.05) is 38.8 Å². The highest BCUT2D eigenvalue weighted by Crippen LogP contribution is 2.29. The molecule has 0 saturated carbocycles. The summed E-state index contributed by atoms with van der Waals surface area (Å²) in [6.07, 6.45) is 1.74. The Morgan fingerprint density at radius 1 is 1.14 bits per heavy atom. The van der Waals surface area contributed by atoms with Crippen LogP contribution in [0.1, 0.15) is 22.8 Å². The van der Waals surface area contributed by atoms with Crippen LogP contribution in [0.25, 0.3) is 0 Å². The molecule has 1 atom stereocenters. The zero-order chi connectivity index (χ0) is 19.5. The van der Waals surface area contributed by atoms with Gasteiger partial charge in [-0.05, 0) is 30.7 Å². The fourth-order valence-corrected chi connectivity index (χ4v) is 3.59. The fraction of sp³-hybridized carbons (Fsp3) is 0.381. The molecule has 0 radical (unpaired) electrons. The van der Waals surface area contributed by atoms with Crippen LogP contribution in [0.4, 0.5) is 5.82 Å². The number of pyridine rings is 1. The van der Waals surface area contributed by atoms with E-state index in [2.05, 4.69) is 9.88 Å². The Hall–Kier alpha value is -3.09. The maximum absolute atomic E-state index is 12.8. The molecule has 0 unspecified atom stereocenters. The van der Waals surface area contributed by atoms with E-state index in [0.29, 0.717) is 44.8 Å². The summed E-state index contributed by atoms with van der Waals surface area (Å²) >= 11 is 0. The second-order valence-corrected chi connectivity index (χ2v) is 6.86. The molecule has 1 aromatic heterocycles. The quantitative estimate of drug-likeness (QED) is 0.754. The number of nitrogens with zero attached hydrogens (tertiary/aromatic N) is 3. The van der Waals surface area contributed by atoms with Gasteiger partial charge >= 0.3 is 5.97 Å². The van der Waals surface area contributed by atoms with Crippen molar-refractivity contribution in [3.05, 3.63) is 53.7 Å². The number of carbonyl (C=O) groups is 2. The SMILES string of the molecule is CCOC(=O)c1ccc(N2CCN(C(=O)[C@@H]3Cc4ccccc4O3)CC2)nc1. The van der Waals surface area contributed by atoms with E-state index in [4.69, 9.17) is 9.47 Å². The number of fused-ring (bicyclic) bond motifs is 1. The van der Waals surface area contributed by atoms with Crippen molar-refractivity contribution < 1.29 is 19.1 Å². The zero-order valence-corrected chi connectivity index (χ0v) is 15.8. The van der Waals surface area contributed by atoms with Crippen LogP contribution in [0.3, 0.4) is 0 Å². The highest BCUT2D eigenvalue weighted by Gasteiger charge is 2.33. The number of benzene rings is 1. The predicted molar refractivity (Wildman–Crippen MR) is 104 cm³/mol. The van der Waals surface area contributed by atoms with Crippen molar-refractivity contribution in [1.29, 1.82) is 0 Å². The van der Waals surface area contributed by atoms with Crippen molar-refractivity contribution in [2.45, 2.75) is 19.4 Å². The Morgan fingerprint density at radius 3 is 2.61 bits per heavy atom. The molecule has 1 saturated heterocycles. The summed E-state index contributed by atoms with van der Waals surface area (Å²) < 4.78 is 10.8. The molecule has 2 aromatic rings. The molecule has 146 valence electrons. The summed E-state index contributed by atoms with van der Waals surface area (Å²) in [6.45, 7) is 4.74. The van der Waals surface area contributed by atoms with E-state index in [0.717, 1.165) is 17.1 Å². The predicted octanol–water partition coefficient (Wildman–Crippen LogP) is 1.91. The standard InChI is InChI=1S/C21H23N3O4/c1-2-27-21(26)16-7-8-19(22-14-16)23-9-11-24(12-10-23)20(25)18-13-15-5-3-4-6-17(15)28-18/h3-8,14,18H,2,9-13H2,1H3/t18-/m0/s1. The fourth-order valence-electron chi connectivity index (χ4n) is 3.59. The summed E-state index contributed by atoms with van der Waals surface area (Å²) in [4.78, 5) is 32.9. The van der Waals surface area contributed by atoms with Gasteiger partial charge in [-0.3, -0.25) is 4.79 Å². The van der Waals surface area contributed by atoms with Gasteiger partial charge in [0.05, 0.1) is 12.2 Å². The summed E-state index contributed by atoms with van der Waals surface area (Å²) in [5.74, 6) is 1.28. The van der Waals surface area contributed by atoms with Gasteiger partial charge in [0.25, 0.3) is 5.91 Å². The molecule has 1 fully saturated rings. The normalized spacial score (nSPS) is 18.4. The van der Waals surface area contributed by atoms with Gasteiger partial charge in [-0.15, -0.1) is 0 Å². The van der Waals surface area contributed by atoms with Gasteiger partial charge in [0.15, 0.2) is 6.10 Å². The molecule has 0 bridgehead atoms. The Morgan fingerprint density at radius 2 is 1.93 bits per heavy atom. The first kappa shape index (κ1) is 18.3. The molecule has 1 aromatic carbocycles. The van der Waals surface area contributed by atoms with Gasteiger partial charge < -0.3 is 19.3 Å². The number of anilines is 1. The minimum Gasteiger partial charge on any atom is -0.480 e. The van der Waals surface area contributed by atoms with Gasteiger partial charge in [-0.1, -0.05) is 18.2 Å². The molecule has 0 aliphatic carbocycles. The molecule has 2 aliphatic rings. The van der Waals surface area contributed by atoms with Crippen molar-refractivity contribution in [2.75, 3.05) is 37.7 Å². The minimum atomic E-state index is -0.425. The van der Waals surface area contributed by atoms with Crippen molar-refractivity contribution >= 4 is 17.7 Å². The van der Waals surface area contributed by atoms with Gasteiger partial charge in [0.1, 0.15) is 11.6 Å².